The number of halogens is 5. The zero-order valence-electron chi connectivity index (χ0n) is 11.4. The lowest BCUT2D eigenvalue weighted by Crippen LogP contribution is -2.47. The van der Waals surface area contributed by atoms with Crippen LogP contribution in [-0.2, 0) is 17.5 Å². The molecular weight excluding hydrogens is 324 g/mol. The monoisotopic (exact) mass is 336 g/mol. The maximum absolute atomic E-state index is 13.1. The van der Waals surface area contributed by atoms with E-state index in [1.807, 2.05) is 0 Å². The Morgan fingerprint density at radius 3 is 2.59 bits per heavy atom. The minimum absolute atomic E-state index is 0.0474. The van der Waals surface area contributed by atoms with Gasteiger partial charge in [0.05, 0.1) is 12.1 Å². The molecule has 120 valence electrons. The van der Waals surface area contributed by atoms with Crippen molar-refractivity contribution in [3.05, 3.63) is 46.9 Å². The highest BCUT2D eigenvalue weighted by molar-refractivity contribution is 6.25. The summed E-state index contributed by atoms with van der Waals surface area (Å²) in [6, 6.07) is 2.48. The lowest BCUT2D eigenvalue weighted by molar-refractivity contribution is -0.141. The van der Waals surface area contributed by atoms with Gasteiger partial charge in [0, 0.05) is 31.4 Å². The molecule has 0 unspecified atom stereocenters. The van der Waals surface area contributed by atoms with Gasteiger partial charge < -0.3 is 9.80 Å². The first-order valence-electron chi connectivity index (χ1n) is 6.45. The number of rotatable bonds is 3. The Kier molecular flexibility index (Phi) is 4.95. The number of alkyl halides is 3. The molecule has 1 aliphatic heterocycles. The van der Waals surface area contributed by atoms with E-state index in [0.717, 1.165) is 12.1 Å². The summed E-state index contributed by atoms with van der Waals surface area (Å²) in [5.41, 5.74) is 0.0944. The average Bonchev–Trinajstić information content (AvgIpc) is 2.43. The molecule has 1 aromatic carbocycles. The molecule has 1 fully saturated rings. The van der Waals surface area contributed by atoms with Gasteiger partial charge in [0.1, 0.15) is 5.82 Å². The minimum Gasteiger partial charge on any atom is -0.366 e. The number of hydrogen-bond acceptors (Lipinski definition) is 2. The van der Waals surface area contributed by atoms with Gasteiger partial charge in [-0.25, -0.2) is 4.39 Å². The fourth-order valence-electron chi connectivity index (χ4n) is 2.26. The summed E-state index contributed by atoms with van der Waals surface area (Å²) in [5.74, 6) is -1.27. The molecule has 0 radical (unpaired) electrons. The van der Waals surface area contributed by atoms with Gasteiger partial charge in [-0.3, -0.25) is 4.79 Å². The second kappa shape index (κ2) is 6.56. The van der Waals surface area contributed by atoms with Gasteiger partial charge in [-0.1, -0.05) is 17.7 Å². The Balaban J connectivity index is 2.16. The van der Waals surface area contributed by atoms with E-state index in [1.165, 1.54) is 16.6 Å². The van der Waals surface area contributed by atoms with Crippen LogP contribution in [0.3, 0.4) is 0 Å². The molecule has 1 amide bonds. The molecule has 0 saturated carbocycles. The van der Waals surface area contributed by atoms with Crippen molar-refractivity contribution < 1.29 is 22.4 Å². The van der Waals surface area contributed by atoms with Crippen LogP contribution in [0.2, 0.25) is 0 Å². The highest BCUT2D eigenvalue weighted by Crippen LogP contribution is 2.33. The summed E-state index contributed by atoms with van der Waals surface area (Å²) in [4.78, 5) is 15.0. The molecule has 1 aromatic rings. The number of benzene rings is 1. The number of carbonyl (C=O) groups excluding carboxylic acids is 1. The highest BCUT2D eigenvalue weighted by Gasteiger charge is 2.35. The lowest BCUT2D eigenvalue weighted by atomic mass is 10.1. The minimum atomic E-state index is -4.66. The van der Waals surface area contributed by atoms with E-state index in [1.54, 1.807) is 4.90 Å². The predicted molar refractivity (Wildman–Crippen MR) is 73.4 cm³/mol. The molecule has 0 atom stereocenters. The highest BCUT2D eigenvalue weighted by atomic mass is 35.5. The van der Waals surface area contributed by atoms with Crippen molar-refractivity contribution in [1.82, 2.24) is 9.80 Å². The van der Waals surface area contributed by atoms with Crippen LogP contribution in [0.15, 0.2) is 29.9 Å². The average molecular weight is 337 g/mol. The van der Waals surface area contributed by atoms with Crippen molar-refractivity contribution in [3.63, 3.8) is 0 Å². The number of nitrogens with zero attached hydrogens (tertiary/aromatic N) is 2. The quantitative estimate of drug-likeness (QED) is 0.791. The molecule has 0 N–H and O–H groups in total. The maximum Gasteiger partial charge on any atom is 0.416 e. The molecule has 1 saturated heterocycles. The van der Waals surface area contributed by atoms with Crippen LogP contribution < -0.4 is 0 Å². The van der Waals surface area contributed by atoms with Gasteiger partial charge in [-0.15, -0.1) is 0 Å². The molecule has 0 bridgehead atoms. The van der Waals surface area contributed by atoms with E-state index in [4.69, 9.17) is 11.6 Å². The second-order valence-electron chi connectivity index (χ2n) is 4.86. The summed E-state index contributed by atoms with van der Waals surface area (Å²) in [5, 5.41) is 0. The van der Waals surface area contributed by atoms with Crippen LogP contribution in [0.4, 0.5) is 17.6 Å². The molecular formula is C14H13ClF4N2O. The molecule has 22 heavy (non-hydrogen) atoms. The summed E-state index contributed by atoms with van der Waals surface area (Å²) in [7, 11) is 0. The van der Waals surface area contributed by atoms with E-state index < -0.39 is 17.6 Å². The van der Waals surface area contributed by atoms with E-state index in [2.05, 4.69) is 0 Å². The topological polar surface area (TPSA) is 23.6 Å². The van der Waals surface area contributed by atoms with Crippen LogP contribution in [0.25, 0.3) is 0 Å². The molecule has 8 heteroatoms. The smallest absolute Gasteiger partial charge is 0.366 e. The van der Waals surface area contributed by atoms with Gasteiger partial charge in [0.15, 0.2) is 0 Å². The first-order valence-corrected chi connectivity index (χ1v) is 6.89. The van der Waals surface area contributed by atoms with Crippen molar-refractivity contribution >= 4 is 17.5 Å². The van der Waals surface area contributed by atoms with Crippen molar-refractivity contribution in [3.8, 4) is 0 Å². The number of carbonyl (C=O) groups is 1. The Hall–Kier alpha value is -1.76. The molecule has 0 spiro atoms. The summed E-state index contributed by atoms with van der Waals surface area (Å²) >= 11 is 5.43. The Bertz CT molecular complexity index is 589. The third-order valence-corrected chi connectivity index (χ3v) is 3.47. The summed E-state index contributed by atoms with van der Waals surface area (Å²) < 4.78 is 51.9. The number of piperazine rings is 1. The van der Waals surface area contributed by atoms with Crippen LogP contribution in [0, 0.1) is 5.82 Å². The van der Waals surface area contributed by atoms with Crippen LogP contribution >= 0.6 is 11.6 Å². The van der Waals surface area contributed by atoms with Gasteiger partial charge in [-0.2, -0.15) is 13.2 Å². The van der Waals surface area contributed by atoms with E-state index >= 15 is 0 Å². The van der Waals surface area contributed by atoms with Crippen molar-refractivity contribution in [2.24, 2.45) is 0 Å². The lowest BCUT2D eigenvalue weighted by Gasteiger charge is -2.34. The van der Waals surface area contributed by atoms with E-state index in [9.17, 15) is 22.4 Å². The summed E-state index contributed by atoms with van der Waals surface area (Å²) in [6.45, 7) is 0.588. The van der Waals surface area contributed by atoms with Gasteiger partial charge in [0.2, 0.25) is 5.91 Å². The predicted octanol–water partition coefficient (Wildman–Crippen LogP) is 3.20. The largest absolute Gasteiger partial charge is 0.416 e. The Labute approximate surface area is 129 Å². The second-order valence-corrected chi connectivity index (χ2v) is 5.11. The summed E-state index contributed by atoms with van der Waals surface area (Å²) in [6.07, 6.45) is -3.13. The molecule has 0 aromatic heterocycles. The van der Waals surface area contributed by atoms with Crippen molar-refractivity contribution in [1.29, 1.82) is 0 Å². The molecule has 0 aliphatic carbocycles. The van der Waals surface area contributed by atoms with Crippen LogP contribution in [0.5, 0.6) is 0 Å². The van der Waals surface area contributed by atoms with Crippen molar-refractivity contribution in [2.45, 2.75) is 12.7 Å². The standard InChI is InChI=1S/C14H13ClF4N2O/c15-3-4-20-5-6-21(13(22)9-20)8-10-1-2-11(16)7-12(10)14(17,18)19/h1-4,7H,5-6,8-9H2/b4-3-. The third kappa shape index (κ3) is 3.91. The van der Waals surface area contributed by atoms with E-state index in [-0.39, 0.29) is 31.1 Å². The first kappa shape index (κ1) is 16.6. The Morgan fingerprint density at radius 2 is 2.00 bits per heavy atom. The number of amides is 1. The molecule has 1 aliphatic rings. The molecule has 3 nitrogen and oxygen atoms in total. The zero-order valence-corrected chi connectivity index (χ0v) is 12.2. The van der Waals surface area contributed by atoms with E-state index in [0.29, 0.717) is 12.6 Å². The fraction of sp³-hybridized carbons (Fsp3) is 0.357. The maximum atomic E-state index is 13.1. The number of hydrogen-bond donors (Lipinski definition) is 0. The van der Waals surface area contributed by atoms with Gasteiger partial charge in [-0.05, 0) is 17.7 Å². The SMILES string of the molecule is O=C1CN(/C=C\Cl)CCN1Cc1ccc(F)cc1C(F)(F)F. The Morgan fingerprint density at radius 1 is 1.27 bits per heavy atom. The van der Waals surface area contributed by atoms with Crippen molar-refractivity contribution in [2.75, 3.05) is 19.6 Å². The van der Waals surface area contributed by atoms with Gasteiger partial charge in [0.25, 0.3) is 0 Å². The first-order chi connectivity index (χ1) is 10.3. The molecule has 2 rings (SSSR count). The van der Waals surface area contributed by atoms with Gasteiger partial charge >= 0.3 is 6.18 Å². The molecule has 1 heterocycles. The fourth-order valence-corrected chi connectivity index (χ4v) is 2.42. The third-order valence-electron chi connectivity index (χ3n) is 3.35. The van der Waals surface area contributed by atoms with Crippen LogP contribution in [-0.4, -0.2) is 35.3 Å². The van der Waals surface area contributed by atoms with Crippen LogP contribution in [0.1, 0.15) is 11.1 Å². The normalized spacial score (nSPS) is 16.7. The zero-order chi connectivity index (χ0) is 16.3.